The van der Waals surface area contributed by atoms with Crippen LogP contribution < -0.4 is 5.73 Å². The zero-order valence-corrected chi connectivity index (χ0v) is 10.2. The molecule has 0 aromatic carbocycles. The van der Waals surface area contributed by atoms with Crippen LogP contribution in [0.15, 0.2) is 0 Å². The van der Waals surface area contributed by atoms with Crippen molar-refractivity contribution >= 4 is 10.8 Å². The molecule has 1 saturated carbocycles. The summed E-state index contributed by atoms with van der Waals surface area (Å²) in [6.07, 6.45) is 6.18. The quantitative estimate of drug-likeness (QED) is 0.783. The van der Waals surface area contributed by atoms with Gasteiger partial charge in [0.05, 0.1) is 0 Å². The third-order valence-electron chi connectivity index (χ3n) is 3.13. The summed E-state index contributed by atoms with van der Waals surface area (Å²) in [6, 6.07) is 0.0789. The lowest BCUT2D eigenvalue weighted by Gasteiger charge is -2.30. The predicted octanol–water partition coefficient (Wildman–Crippen LogP) is 2.05. The van der Waals surface area contributed by atoms with Gasteiger partial charge in [0.15, 0.2) is 0 Å². The first kappa shape index (κ1) is 12.2. The molecule has 0 spiro atoms. The molecule has 3 heteroatoms. The summed E-state index contributed by atoms with van der Waals surface area (Å²) < 4.78 is 12.0. The Morgan fingerprint density at radius 3 is 2.64 bits per heavy atom. The van der Waals surface area contributed by atoms with Crippen LogP contribution >= 0.6 is 0 Å². The van der Waals surface area contributed by atoms with Crippen molar-refractivity contribution in [1.29, 1.82) is 0 Å². The minimum Gasteiger partial charge on any atom is -0.327 e. The van der Waals surface area contributed by atoms with E-state index in [1.165, 1.54) is 25.7 Å². The van der Waals surface area contributed by atoms with Crippen molar-refractivity contribution in [2.75, 3.05) is 5.75 Å². The molecule has 0 aliphatic heterocycles. The van der Waals surface area contributed by atoms with Crippen LogP contribution in [0.3, 0.4) is 0 Å². The van der Waals surface area contributed by atoms with Crippen LogP contribution in [0.25, 0.3) is 0 Å². The van der Waals surface area contributed by atoms with Crippen molar-refractivity contribution in [2.24, 2.45) is 11.7 Å². The summed E-state index contributed by atoms with van der Waals surface area (Å²) in [4.78, 5) is 0. The van der Waals surface area contributed by atoms with E-state index in [2.05, 4.69) is 6.92 Å². The monoisotopic (exact) mass is 217 g/mol. The van der Waals surface area contributed by atoms with Crippen molar-refractivity contribution in [1.82, 2.24) is 0 Å². The molecule has 0 aromatic rings. The molecule has 1 rings (SSSR count). The lowest BCUT2D eigenvalue weighted by molar-refractivity contribution is 0.355. The van der Waals surface area contributed by atoms with Gasteiger partial charge in [-0.1, -0.05) is 26.2 Å². The fraction of sp³-hybridized carbons (Fsp3) is 1.00. The van der Waals surface area contributed by atoms with Crippen molar-refractivity contribution in [2.45, 2.75) is 57.2 Å². The Labute approximate surface area is 90.1 Å². The largest absolute Gasteiger partial charge is 0.327 e. The zero-order valence-electron chi connectivity index (χ0n) is 9.37. The number of hydrogen-bond acceptors (Lipinski definition) is 2. The molecule has 14 heavy (non-hydrogen) atoms. The number of nitrogens with two attached hydrogens (primary N) is 1. The van der Waals surface area contributed by atoms with Gasteiger partial charge in [0.1, 0.15) is 0 Å². The molecule has 4 unspecified atom stereocenters. The van der Waals surface area contributed by atoms with Gasteiger partial charge >= 0.3 is 0 Å². The first-order chi connectivity index (χ1) is 6.65. The molecule has 1 fully saturated rings. The van der Waals surface area contributed by atoms with Crippen molar-refractivity contribution in [3.8, 4) is 0 Å². The maximum absolute atomic E-state index is 12.0. The highest BCUT2D eigenvalue weighted by atomic mass is 32.2. The molecule has 0 amide bonds. The highest BCUT2D eigenvalue weighted by Gasteiger charge is 2.28. The van der Waals surface area contributed by atoms with Gasteiger partial charge in [-0.15, -0.1) is 0 Å². The van der Waals surface area contributed by atoms with Crippen LogP contribution in [0, 0.1) is 5.92 Å². The topological polar surface area (TPSA) is 43.1 Å². The SMILES string of the molecule is CCC1CCCCC1S(=O)CC(C)N. The van der Waals surface area contributed by atoms with E-state index < -0.39 is 10.8 Å². The Hall–Kier alpha value is 0.110. The Morgan fingerprint density at radius 2 is 2.07 bits per heavy atom. The van der Waals surface area contributed by atoms with Crippen LogP contribution in [-0.4, -0.2) is 21.3 Å². The van der Waals surface area contributed by atoms with Gasteiger partial charge < -0.3 is 5.73 Å². The molecule has 0 radical (unpaired) electrons. The van der Waals surface area contributed by atoms with E-state index in [-0.39, 0.29) is 6.04 Å². The maximum Gasteiger partial charge on any atom is 0.0386 e. The number of rotatable bonds is 4. The molecule has 1 aliphatic carbocycles. The van der Waals surface area contributed by atoms with E-state index in [4.69, 9.17) is 5.73 Å². The fourth-order valence-electron chi connectivity index (χ4n) is 2.37. The van der Waals surface area contributed by atoms with Gasteiger partial charge in [-0.2, -0.15) is 0 Å². The summed E-state index contributed by atoms with van der Waals surface area (Å²) in [7, 11) is -0.692. The Kier molecular flexibility index (Phi) is 5.10. The Bertz CT molecular complexity index is 194. The van der Waals surface area contributed by atoms with E-state index in [0.29, 0.717) is 16.9 Å². The molecule has 0 heterocycles. The van der Waals surface area contributed by atoms with Crippen LogP contribution in [0.5, 0.6) is 0 Å². The van der Waals surface area contributed by atoms with Gasteiger partial charge in [-0.05, 0) is 25.7 Å². The average Bonchev–Trinajstić information content (AvgIpc) is 2.16. The Morgan fingerprint density at radius 1 is 1.43 bits per heavy atom. The smallest absolute Gasteiger partial charge is 0.0386 e. The maximum atomic E-state index is 12.0. The zero-order chi connectivity index (χ0) is 10.6. The van der Waals surface area contributed by atoms with Crippen molar-refractivity contribution < 1.29 is 4.21 Å². The first-order valence-electron chi connectivity index (χ1n) is 5.78. The third kappa shape index (κ3) is 3.35. The van der Waals surface area contributed by atoms with Crippen LogP contribution in [0.1, 0.15) is 46.0 Å². The lowest BCUT2D eigenvalue weighted by atomic mass is 9.87. The van der Waals surface area contributed by atoms with E-state index in [0.717, 1.165) is 6.42 Å². The van der Waals surface area contributed by atoms with Gasteiger partial charge in [0.25, 0.3) is 0 Å². The van der Waals surface area contributed by atoms with Crippen LogP contribution in [0.2, 0.25) is 0 Å². The normalized spacial score (nSPS) is 32.5. The van der Waals surface area contributed by atoms with Gasteiger partial charge in [-0.3, -0.25) is 4.21 Å². The summed E-state index contributed by atoms with van der Waals surface area (Å²) in [6.45, 7) is 4.16. The summed E-state index contributed by atoms with van der Waals surface area (Å²) in [5.74, 6) is 1.37. The van der Waals surface area contributed by atoms with E-state index in [1.54, 1.807) is 0 Å². The summed E-state index contributed by atoms with van der Waals surface area (Å²) in [5, 5.41) is 0.430. The lowest BCUT2D eigenvalue weighted by Crippen LogP contribution is -2.34. The van der Waals surface area contributed by atoms with Gasteiger partial charge in [0, 0.05) is 27.8 Å². The molecule has 2 nitrogen and oxygen atoms in total. The molecular weight excluding hydrogens is 194 g/mol. The second kappa shape index (κ2) is 5.86. The first-order valence-corrected chi connectivity index (χ1v) is 7.16. The van der Waals surface area contributed by atoms with E-state index >= 15 is 0 Å². The van der Waals surface area contributed by atoms with Crippen LogP contribution in [0.4, 0.5) is 0 Å². The molecule has 4 atom stereocenters. The van der Waals surface area contributed by atoms with Gasteiger partial charge in [0.2, 0.25) is 0 Å². The third-order valence-corrected chi connectivity index (χ3v) is 5.28. The van der Waals surface area contributed by atoms with Crippen LogP contribution in [-0.2, 0) is 10.8 Å². The van der Waals surface area contributed by atoms with E-state index in [9.17, 15) is 4.21 Å². The summed E-state index contributed by atoms with van der Waals surface area (Å²) in [5.41, 5.74) is 5.69. The second-order valence-corrected chi connectivity index (χ2v) is 6.22. The molecule has 0 aromatic heterocycles. The fourth-order valence-corrected chi connectivity index (χ4v) is 4.32. The molecular formula is C11H23NOS. The molecule has 84 valence electrons. The molecule has 0 saturated heterocycles. The number of hydrogen-bond donors (Lipinski definition) is 1. The highest BCUT2D eigenvalue weighted by molar-refractivity contribution is 7.85. The predicted molar refractivity (Wildman–Crippen MR) is 62.7 cm³/mol. The van der Waals surface area contributed by atoms with Gasteiger partial charge in [-0.25, -0.2) is 0 Å². The minimum atomic E-state index is -0.692. The summed E-state index contributed by atoms with van der Waals surface area (Å²) >= 11 is 0. The Balaban J connectivity index is 2.50. The highest BCUT2D eigenvalue weighted by Crippen LogP contribution is 2.30. The molecule has 2 N–H and O–H groups in total. The molecule has 0 bridgehead atoms. The molecule has 1 aliphatic rings. The minimum absolute atomic E-state index is 0.0789. The second-order valence-electron chi connectivity index (χ2n) is 4.52. The van der Waals surface area contributed by atoms with Crippen molar-refractivity contribution in [3.05, 3.63) is 0 Å². The van der Waals surface area contributed by atoms with E-state index in [1.807, 2.05) is 6.92 Å². The standard InChI is InChI=1S/C11H23NOS/c1-3-10-6-4-5-7-11(10)14(13)8-9(2)12/h9-11H,3-8,12H2,1-2H3. The average molecular weight is 217 g/mol. The van der Waals surface area contributed by atoms with Crippen molar-refractivity contribution in [3.63, 3.8) is 0 Å².